The van der Waals surface area contributed by atoms with E-state index in [0.29, 0.717) is 0 Å². The molecule has 0 bridgehead atoms. The molecule has 3 nitrogen and oxygen atoms in total. The topological polar surface area (TPSA) is 56.8 Å². The number of hydrogen-bond acceptors (Lipinski definition) is 3. The van der Waals surface area contributed by atoms with Crippen LogP contribution in [0, 0.1) is 34.3 Å². The molecule has 2 aromatic carbocycles. The lowest BCUT2D eigenvalue weighted by atomic mass is 10.2. The van der Waals surface area contributed by atoms with Crippen molar-refractivity contribution in [2.75, 3.05) is 0 Å². The molecule has 0 radical (unpaired) electrons. The van der Waals surface area contributed by atoms with Gasteiger partial charge < -0.3 is 4.74 Å². The smallest absolute Gasteiger partial charge is 0.148 e. The standard InChI is InChI=1S/C14H6F2N2O/c15-12-2-1-3-14(11(12)8-18)19-10-5-4-9(7-17)13(16)6-10/h1-6H. The van der Waals surface area contributed by atoms with Crippen molar-refractivity contribution in [2.24, 2.45) is 0 Å². The van der Waals surface area contributed by atoms with Gasteiger partial charge in [0.25, 0.3) is 0 Å². The maximum atomic E-state index is 13.4. The van der Waals surface area contributed by atoms with Crippen molar-refractivity contribution in [3.63, 3.8) is 0 Å². The van der Waals surface area contributed by atoms with Gasteiger partial charge in [0.2, 0.25) is 0 Å². The second-order valence-electron chi connectivity index (χ2n) is 3.58. The van der Waals surface area contributed by atoms with Gasteiger partial charge >= 0.3 is 0 Å². The van der Waals surface area contributed by atoms with Gasteiger partial charge in [-0.3, -0.25) is 0 Å². The lowest BCUT2D eigenvalue weighted by Crippen LogP contribution is -1.93. The molecule has 19 heavy (non-hydrogen) atoms. The first-order chi connectivity index (χ1) is 9.15. The molecule has 0 saturated heterocycles. The van der Waals surface area contributed by atoms with E-state index in [1.165, 1.54) is 24.3 Å². The van der Waals surface area contributed by atoms with Gasteiger partial charge in [-0.1, -0.05) is 6.07 Å². The van der Waals surface area contributed by atoms with Crippen molar-refractivity contribution in [2.45, 2.75) is 0 Å². The Balaban J connectivity index is 2.38. The van der Waals surface area contributed by atoms with Gasteiger partial charge in [-0.15, -0.1) is 0 Å². The molecule has 5 heteroatoms. The predicted octanol–water partition coefficient (Wildman–Crippen LogP) is 3.50. The van der Waals surface area contributed by atoms with Crippen LogP contribution in [0.5, 0.6) is 11.5 Å². The Morgan fingerprint density at radius 3 is 2.37 bits per heavy atom. The molecule has 0 aliphatic rings. The van der Waals surface area contributed by atoms with E-state index < -0.39 is 11.6 Å². The van der Waals surface area contributed by atoms with E-state index in [9.17, 15) is 8.78 Å². The number of halogens is 2. The Morgan fingerprint density at radius 1 is 0.947 bits per heavy atom. The summed E-state index contributed by atoms with van der Waals surface area (Å²) in [4.78, 5) is 0. The fourth-order valence-electron chi connectivity index (χ4n) is 1.47. The number of hydrogen-bond donors (Lipinski definition) is 0. The first kappa shape index (κ1) is 12.5. The molecule has 0 fully saturated rings. The molecule has 0 atom stereocenters. The summed E-state index contributed by atoms with van der Waals surface area (Å²) in [6.07, 6.45) is 0. The first-order valence-electron chi connectivity index (χ1n) is 5.22. The normalized spacial score (nSPS) is 9.47. The third kappa shape index (κ3) is 2.51. The van der Waals surface area contributed by atoms with E-state index in [2.05, 4.69) is 0 Å². The zero-order valence-corrected chi connectivity index (χ0v) is 9.52. The van der Waals surface area contributed by atoms with Crippen LogP contribution in [0.4, 0.5) is 8.78 Å². The van der Waals surface area contributed by atoms with Crippen LogP contribution >= 0.6 is 0 Å². The lowest BCUT2D eigenvalue weighted by Gasteiger charge is -2.08. The van der Waals surface area contributed by atoms with Crippen molar-refractivity contribution >= 4 is 0 Å². The third-order valence-corrected chi connectivity index (χ3v) is 2.38. The molecule has 92 valence electrons. The van der Waals surface area contributed by atoms with Crippen LogP contribution < -0.4 is 4.74 Å². The minimum Gasteiger partial charge on any atom is -0.456 e. The minimum atomic E-state index is -0.741. The molecule has 0 aliphatic carbocycles. The fourth-order valence-corrected chi connectivity index (χ4v) is 1.47. The summed E-state index contributed by atoms with van der Waals surface area (Å²) in [7, 11) is 0. The minimum absolute atomic E-state index is 0.00777. The fraction of sp³-hybridized carbons (Fsp3) is 0. The summed E-state index contributed by atoms with van der Waals surface area (Å²) in [6.45, 7) is 0. The first-order valence-corrected chi connectivity index (χ1v) is 5.22. The van der Waals surface area contributed by atoms with Gasteiger partial charge in [0.05, 0.1) is 5.56 Å². The third-order valence-electron chi connectivity index (χ3n) is 2.38. The van der Waals surface area contributed by atoms with Crippen LogP contribution in [0.25, 0.3) is 0 Å². The summed E-state index contributed by atoms with van der Waals surface area (Å²) in [5, 5.41) is 17.4. The highest BCUT2D eigenvalue weighted by atomic mass is 19.1. The summed E-state index contributed by atoms with van der Waals surface area (Å²) in [5.74, 6) is -1.38. The van der Waals surface area contributed by atoms with Crippen LogP contribution in [0.3, 0.4) is 0 Å². The number of benzene rings is 2. The van der Waals surface area contributed by atoms with E-state index in [4.69, 9.17) is 15.3 Å². The highest BCUT2D eigenvalue weighted by Crippen LogP contribution is 2.27. The molecule has 0 N–H and O–H groups in total. The molecular formula is C14H6F2N2O. The van der Waals surface area contributed by atoms with E-state index in [1.54, 1.807) is 12.1 Å². The molecule has 0 aromatic heterocycles. The summed E-state index contributed by atoms with van der Waals surface area (Å²) in [6, 6.07) is 10.9. The molecule has 0 amide bonds. The second-order valence-corrected chi connectivity index (χ2v) is 3.58. The molecule has 2 rings (SSSR count). The molecule has 0 heterocycles. The largest absolute Gasteiger partial charge is 0.456 e. The van der Waals surface area contributed by atoms with Crippen LogP contribution in [0.2, 0.25) is 0 Å². The van der Waals surface area contributed by atoms with Crippen molar-refractivity contribution in [1.82, 2.24) is 0 Å². The summed E-state index contributed by atoms with van der Waals surface area (Å²) < 4.78 is 32.0. The number of nitriles is 2. The maximum absolute atomic E-state index is 13.4. The van der Waals surface area contributed by atoms with Crippen molar-refractivity contribution in [3.8, 4) is 23.6 Å². The Hall–Kier alpha value is -2.92. The Labute approximate surface area is 107 Å². The van der Waals surface area contributed by atoms with Gasteiger partial charge in [0.15, 0.2) is 0 Å². The van der Waals surface area contributed by atoms with Gasteiger partial charge in [-0.05, 0) is 24.3 Å². The Kier molecular flexibility index (Phi) is 3.40. The molecular weight excluding hydrogens is 250 g/mol. The molecule has 2 aromatic rings. The second kappa shape index (κ2) is 5.16. The number of ether oxygens (including phenoxy) is 1. The molecule has 0 unspecified atom stereocenters. The molecule has 0 aliphatic heterocycles. The van der Waals surface area contributed by atoms with Crippen molar-refractivity contribution in [1.29, 1.82) is 10.5 Å². The highest BCUT2D eigenvalue weighted by Gasteiger charge is 2.11. The summed E-state index contributed by atoms with van der Waals surface area (Å²) >= 11 is 0. The van der Waals surface area contributed by atoms with Crippen molar-refractivity contribution in [3.05, 3.63) is 59.2 Å². The van der Waals surface area contributed by atoms with Crippen molar-refractivity contribution < 1.29 is 13.5 Å². The average molecular weight is 256 g/mol. The average Bonchev–Trinajstić information content (AvgIpc) is 2.39. The predicted molar refractivity (Wildman–Crippen MR) is 62.3 cm³/mol. The number of rotatable bonds is 2. The number of nitrogens with zero attached hydrogens (tertiary/aromatic N) is 2. The van der Waals surface area contributed by atoms with E-state index in [-0.39, 0.29) is 22.6 Å². The van der Waals surface area contributed by atoms with Gasteiger partial charge in [0.1, 0.15) is 40.8 Å². The zero-order valence-electron chi connectivity index (χ0n) is 9.52. The van der Waals surface area contributed by atoms with E-state index in [1.807, 2.05) is 0 Å². The van der Waals surface area contributed by atoms with Crippen LogP contribution in [-0.2, 0) is 0 Å². The zero-order chi connectivity index (χ0) is 13.8. The van der Waals surface area contributed by atoms with Crippen LogP contribution in [-0.4, -0.2) is 0 Å². The SMILES string of the molecule is N#Cc1ccc(Oc2cccc(F)c2C#N)cc1F. The maximum Gasteiger partial charge on any atom is 0.148 e. The highest BCUT2D eigenvalue weighted by molar-refractivity contribution is 5.47. The van der Waals surface area contributed by atoms with E-state index >= 15 is 0 Å². The summed E-state index contributed by atoms with van der Waals surface area (Å²) in [5.41, 5.74) is -0.376. The van der Waals surface area contributed by atoms with Gasteiger partial charge in [-0.25, -0.2) is 8.78 Å². The molecule has 0 spiro atoms. The quantitative estimate of drug-likeness (QED) is 0.826. The molecule has 0 saturated carbocycles. The lowest BCUT2D eigenvalue weighted by molar-refractivity contribution is 0.469. The van der Waals surface area contributed by atoms with Crippen LogP contribution in [0.15, 0.2) is 36.4 Å². The van der Waals surface area contributed by atoms with Gasteiger partial charge in [-0.2, -0.15) is 10.5 Å². The Morgan fingerprint density at radius 2 is 1.74 bits per heavy atom. The van der Waals surface area contributed by atoms with E-state index in [0.717, 1.165) is 12.1 Å². The monoisotopic (exact) mass is 256 g/mol. The Bertz CT molecular complexity index is 714. The van der Waals surface area contributed by atoms with Crippen LogP contribution in [0.1, 0.15) is 11.1 Å². The van der Waals surface area contributed by atoms with Gasteiger partial charge in [0, 0.05) is 6.07 Å².